The van der Waals surface area contributed by atoms with Crippen LogP contribution < -0.4 is 11.2 Å². The summed E-state index contributed by atoms with van der Waals surface area (Å²) in [6.07, 6.45) is 0. The summed E-state index contributed by atoms with van der Waals surface area (Å²) in [5.41, 5.74) is 0.869. The van der Waals surface area contributed by atoms with Crippen molar-refractivity contribution in [1.29, 1.82) is 0 Å². The monoisotopic (exact) mass is 414 g/mol. The van der Waals surface area contributed by atoms with Gasteiger partial charge in [0, 0.05) is 46.8 Å². The maximum absolute atomic E-state index is 13.4. The number of hydrogen-bond acceptors (Lipinski definition) is 5. The maximum Gasteiger partial charge on any atom is 0.332 e. The third-order valence-electron chi connectivity index (χ3n) is 5.96. The van der Waals surface area contributed by atoms with E-state index >= 15 is 0 Å². The van der Waals surface area contributed by atoms with Crippen LogP contribution in [0.3, 0.4) is 0 Å². The first-order valence-electron chi connectivity index (χ1n) is 10.2. The van der Waals surface area contributed by atoms with Gasteiger partial charge in [0.25, 0.3) is 5.56 Å². The van der Waals surface area contributed by atoms with Crippen molar-refractivity contribution in [3.05, 3.63) is 62.3 Å². The van der Waals surface area contributed by atoms with Crippen molar-refractivity contribution in [1.82, 2.24) is 28.5 Å². The van der Waals surface area contributed by atoms with E-state index in [1.54, 1.807) is 19.2 Å². The minimum Gasteiger partial charge on any atom is -0.317 e. The van der Waals surface area contributed by atoms with Gasteiger partial charge in [0.2, 0.25) is 0 Å². The van der Waals surface area contributed by atoms with Crippen molar-refractivity contribution >= 4 is 11.2 Å². The summed E-state index contributed by atoms with van der Waals surface area (Å²) in [4.78, 5) is 34.8. The van der Waals surface area contributed by atoms with Crippen molar-refractivity contribution < 1.29 is 4.39 Å². The first-order chi connectivity index (χ1) is 14.4. The number of nitrogens with zero attached hydrogens (tertiary/aromatic N) is 6. The van der Waals surface area contributed by atoms with Crippen LogP contribution in [-0.4, -0.2) is 61.2 Å². The Morgan fingerprint density at radius 2 is 1.57 bits per heavy atom. The van der Waals surface area contributed by atoms with Gasteiger partial charge in [0.1, 0.15) is 11.6 Å². The zero-order valence-electron chi connectivity index (χ0n) is 17.6. The van der Waals surface area contributed by atoms with Crippen LogP contribution in [0.2, 0.25) is 0 Å². The molecule has 1 aromatic carbocycles. The number of likely N-dealkylation sites (N-methyl/N-ethyl adjacent to an activating group) is 1. The second-order valence-electron chi connectivity index (χ2n) is 7.83. The molecule has 0 spiro atoms. The van der Waals surface area contributed by atoms with E-state index in [1.807, 2.05) is 4.57 Å². The molecule has 9 heteroatoms. The highest BCUT2D eigenvalue weighted by atomic mass is 19.1. The number of imidazole rings is 1. The van der Waals surface area contributed by atoms with Crippen LogP contribution in [0, 0.1) is 5.82 Å². The highest BCUT2D eigenvalue weighted by molar-refractivity contribution is 5.71. The molecule has 0 atom stereocenters. The average molecular weight is 414 g/mol. The lowest BCUT2D eigenvalue weighted by molar-refractivity contribution is 0.129. The van der Waals surface area contributed by atoms with Crippen LogP contribution in [0.5, 0.6) is 0 Å². The Hall–Kier alpha value is -2.78. The lowest BCUT2D eigenvalue weighted by Crippen LogP contribution is -2.45. The second-order valence-corrected chi connectivity index (χ2v) is 7.83. The van der Waals surface area contributed by atoms with E-state index in [9.17, 15) is 14.0 Å². The fourth-order valence-corrected chi connectivity index (χ4v) is 4.02. The highest BCUT2D eigenvalue weighted by Crippen LogP contribution is 2.17. The number of fused-ring (bicyclic) bond motifs is 1. The minimum atomic E-state index is -0.401. The molecule has 0 radical (unpaired) electrons. The van der Waals surface area contributed by atoms with Gasteiger partial charge < -0.3 is 9.47 Å². The van der Waals surface area contributed by atoms with E-state index in [2.05, 4.69) is 16.7 Å². The zero-order valence-corrected chi connectivity index (χ0v) is 17.6. The van der Waals surface area contributed by atoms with Crippen molar-refractivity contribution in [3.8, 4) is 0 Å². The molecular weight excluding hydrogens is 387 g/mol. The van der Waals surface area contributed by atoms with Gasteiger partial charge in [0.15, 0.2) is 11.2 Å². The molecule has 8 nitrogen and oxygen atoms in total. The topological polar surface area (TPSA) is 68.3 Å². The average Bonchev–Trinajstić information content (AvgIpc) is 3.11. The molecule has 3 aromatic rings. The van der Waals surface area contributed by atoms with Gasteiger partial charge in [-0.25, -0.2) is 14.2 Å². The molecule has 2 aromatic heterocycles. The van der Waals surface area contributed by atoms with Gasteiger partial charge in [0.05, 0.1) is 6.54 Å². The number of rotatable bonds is 5. The normalized spacial score (nSPS) is 15.9. The number of piperazine rings is 1. The third kappa shape index (κ3) is 3.70. The molecule has 0 unspecified atom stereocenters. The summed E-state index contributed by atoms with van der Waals surface area (Å²) in [5.74, 6) is 0.430. The molecule has 1 fully saturated rings. The first kappa shape index (κ1) is 20.5. The number of halogens is 1. The fraction of sp³-hybridized carbons (Fsp3) is 0.476. The molecule has 1 saturated heterocycles. The van der Waals surface area contributed by atoms with Gasteiger partial charge in [-0.3, -0.25) is 18.8 Å². The smallest absolute Gasteiger partial charge is 0.317 e. The Kier molecular flexibility index (Phi) is 5.57. The predicted octanol–water partition coefficient (Wildman–Crippen LogP) is 0.759. The number of benzene rings is 1. The quantitative estimate of drug-likeness (QED) is 0.617. The van der Waals surface area contributed by atoms with Crippen molar-refractivity contribution in [2.75, 3.05) is 32.7 Å². The molecule has 3 heterocycles. The van der Waals surface area contributed by atoms with Crippen LogP contribution in [0.4, 0.5) is 4.39 Å². The summed E-state index contributed by atoms with van der Waals surface area (Å²) in [6, 6.07) is 6.23. The van der Waals surface area contributed by atoms with Gasteiger partial charge in [-0.05, 0) is 24.2 Å². The van der Waals surface area contributed by atoms with Gasteiger partial charge in [-0.15, -0.1) is 0 Å². The largest absolute Gasteiger partial charge is 0.332 e. The Morgan fingerprint density at radius 3 is 2.20 bits per heavy atom. The van der Waals surface area contributed by atoms with Crippen LogP contribution in [0.25, 0.3) is 11.2 Å². The van der Waals surface area contributed by atoms with E-state index in [-0.39, 0.29) is 11.4 Å². The SMILES string of the molecule is CCN1CCN(Cc2nc3c(c(=O)n(C)c(=O)n3C)n2Cc2ccc(F)cc2)CC1. The molecule has 1 aliphatic heterocycles. The molecule has 160 valence electrons. The van der Waals surface area contributed by atoms with E-state index in [1.165, 1.54) is 23.7 Å². The van der Waals surface area contributed by atoms with E-state index in [4.69, 9.17) is 4.98 Å². The molecule has 0 N–H and O–H groups in total. The Balaban J connectivity index is 1.79. The van der Waals surface area contributed by atoms with Crippen LogP contribution in [-0.2, 0) is 27.2 Å². The molecule has 30 heavy (non-hydrogen) atoms. The summed E-state index contributed by atoms with van der Waals surface area (Å²) in [5, 5.41) is 0. The van der Waals surface area contributed by atoms with Gasteiger partial charge in [-0.2, -0.15) is 0 Å². The first-order valence-corrected chi connectivity index (χ1v) is 10.2. The number of aromatic nitrogens is 4. The molecule has 0 saturated carbocycles. The molecule has 0 aliphatic carbocycles. The van der Waals surface area contributed by atoms with Gasteiger partial charge >= 0.3 is 5.69 Å². The molecule has 4 rings (SSSR count). The summed E-state index contributed by atoms with van der Waals surface area (Å²) in [7, 11) is 3.10. The van der Waals surface area contributed by atoms with Crippen molar-refractivity contribution in [2.45, 2.75) is 20.0 Å². The summed E-state index contributed by atoms with van der Waals surface area (Å²) < 4.78 is 17.8. The fourth-order valence-electron chi connectivity index (χ4n) is 4.02. The number of hydrogen-bond donors (Lipinski definition) is 0. The lowest BCUT2D eigenvalue weighted by Gasteiger charge is -2.33. The predicted molar refractivity (Wildman–Crippen MR) is 113 cm³/mol. The molecule has 0 bridgehead atoms. The van der Waals surface area contributed by atoms with Crippen molar-refractivity contribution in [2.24, 2.45) is 14.1 Å². The summed E-state index contributed by atoms with van der Waals surface area (Å²) >= 11 is 0. The third-order valence-corrected chi connectivity index (χ3v) is 5.96. The highest BCUT2D eigenvalue weighted by Gasteiger charge is 2.22. The Labute approximate surface area is 173 Å². The van der Waals surface area contributed by atoms with E-state index in [0.717, 1.165) is 48.7 Å². The minimum absolute atomic E-state index is 0.304. The Morgan fingerprint density at radius 1 is 0.933 bits per heavy atom. The lowest BCUT2D eigenvalue weighted by atomic mass is 10.2. The second kappa shape index (κ2) is 8.16. The van der Waals surface area contributed by atoms with Crippen molar-refractivity contribution in [3.63, 3.8) is 0 Å². The maximum atomic E-state index is 13.4. The standard InChI is InChI=1S/C21H27FN6O2/c1-4-26-9-11-27(12-10-26)14-17-23-19-18(20(29)25(3)21(30)24(19)2)28(17)13-15-5-7-16(22)8-6-15/h5-8H,4,9-14H2,1-3H3. The molecule has 1 aliphatic rings. The number of aryl methyl sites for hydroxylation is 1. The van der Waals surface area contributed by atoms with E-state index in [0.29, 0.717) is 24.3 Å². The Bertz CT molecular complexity index is 1170. The van der Waals surface area contributed by atoms with Gasteiger partial charge in [-0.1, -0.05) is 19.1 Å². The zero-order chi connectivity index (χ0) is 21.4. The molecule has 0 amide bonds. The van der Waals surface area contributed by atoms with E-state index < -0.39 is 5.69 Å². The van der Waals surface area contributed by atoms with Crippen LogP contribution in [0.15, 0.2) is 33.9 Å². The van der Waals surface area contributed by atoms with Crippen LogP contribution >= 0.6 is 0 Å². The molecular formula is C21H27FN6O2. The summed E-state index contributed by atoms with van der Waals surface area (Å²) in [6.45, 7) is 8.00. The van der Waals surface area contributed by atoms with Crippen LogP contribution in [0.1, 0.15) is 18.3 Å².